The number of para-hydroxylation sites is 1. The highest BCUT2D eigenvalue weighted by Crippen LogP contribution is 2.28. The number of fused-ring (bicyclic) bond motifs is 1. The number of aromatic nitrogens is 1. The molecule has 31 heavy (non-hydrogen) atoms. The summed E-state index contributed by atoms with van der Waals surface area (Å²) in [6.07, 6.45) is -0.414. The minimum absolute atomic E-state index is 0.106. The maximum atomic E-state index is 12.1. The van der Waals surface area contributed by atoms with Crippen molar-refractivity contribution in [3.8, 4) is 11.3 Å². The Labute approximate surface area is 181 Å². The summed E-state index contributed by atoms with van der Waals surface area (Å²) in [7, 11) is 0. The molecule has 0 fully saturated rings. The maximum absolute atomic E-state index is 12.1. The SMILES string of the molecule is O=C(Cc1ccccc1)NCC(O)CNc1cc(-c2ccccc2)nc2ccccc12. The van der Waals surface area contributed by atoms with Gasteiger partial charge in [0.15, 0.2) is 0 Å². The molecular weight excluding hydrogens is 386 g/mol. The molecule has 4 aromatic rings. The number of hydrogen-bond acceptors (Lipinski definition) is 4. The Balaban J connectivity index is 1.40. The van der Waals surface area contributed by atoms with Gasteiger partial charge in [-0.2, -0.15) is 0 Å². The first-order valence-electron chi connectivity index (χ1n) is 10.4. The third-order valence-electron chi connectivity index (χ3n) is 5.06. The number of rotatable bonds is 8. The number of carbonyl (C=O) groups excluding carboxylic acids is 1. The van der Waals surface area contributed by atoms with E-state index in [4.69, 9.17) is 4.98 Å². The van der Waals surface area contributed by atoms with Gasteiger partial charge in [-0.05, 0) is 17.7 Å². The van der Waals surface area contributed by atoms with Gasteiger partial charge in [-0.25, -0.2) is 4.98 Å². The second-order valence-corrected chi connectivity index (χ2v) is 7.44. The molecule has 3 N–H and O–H groups in total. The molecule has 1 heterocycles. The molecule has 0 saturated carbocycles. The highest BCUT2D eigenvalue weighted by Gasteiger charge is 2.11. The van der Waals surface area contributed by atoms with Crippen molar-refractivity contribution < 1.29 is 9.90 Å². The lowest BCUT2D eigenvalue weighted by Gasteiger charge is -2.16. The second-order valence-electron chi connectivity index (χ2n) is 7.44. The topological polar surface area (TPSA) is 74.2 Å². The molecule has 3 aromatic carbocycles. The fraction of sp³-hybridized carbons (Fsp3) is 0.154. The molecule has 4 rings (SSSR count). The Bertz CT molecular complexity index is 1150. The fourth-order valence-corrected chi connectivity index (χ4v) is 3.45. The maximum Gasteiger partial charge on any atom is 0.224 e. The van der Waals surface area contributed by atoms with Crippen LogP contribution in [-0.2, 0) is 11.2 Å². The van der Waals surface area contributed by atoms with E-state index in [0.717, 1.165) is 33.4 Å². The first-order chi connectivity index (χ1) is 15.2. The van der Waals surface area contributed by atoms with Crippen LogP contribution in [0.1, 0.15) is 5.56 Å². The second kappa shape index (κ2) is 9.87. The number of benzene rings is 3. The molecule has 5 heteroatoms. The van der Waals surface area contributed by atoms with Gasteiger partial charge in [0.1, 0.15) is 0 Å². The van der Waals surface area contributed by atoms with Gasteiger partial charge in [0.25, 0.3) is 0 Å². The van der Waals surface area contributed by atoms with Crippen molar-refractivity contribution in [1.82, 2.24) is 10.3 Å². The van der Waals surface area contributed by atoms with Crippen LogP contribution in [-0.4, -0.2) is 35.2 Å². The van der Waals surface area contributed by atoms with E-state index in [0.29, 0.717) is 13.0 Å². The summed E-state index contributed by atoms with van der Waals surface area (Å²) in [6, 6.07) is 29.5. The van der Waals surface area contributed by atoms with E-state index >= 15 is 0 Å². The van der Waals surface area contributed by atoms with Crippen LogP contribution in [0.5, 0.6) is 0 Å². The van der Waals surface area contributed by atoms with Crippen LogP contribution in [0.25, 0.3) is 22.2 Å². The van der Waals surface area contributed by atoms with Crippen LogP contribution < -0.4 is 10.6 Å². The summed E-state index contributed by atoms with van der Waals surface area (Å²) in [5.41, 5.74) is 4.64. The van der Waals surface area contributed by atoms with E-state index in [9.17, 15) is 9.90 Å². The monoisotopic (exact) mass is 411 g/mol. The van der Waals surface area contributed by atoms with Crippen molar-refractivity contribution in [1.29, 1.82) is 0 Å². The minimum Gasteiger partial charge on any atom is -0.389 e. The lowest BCUT2D eigenvalue weighted by atomic mass is 10.1. The van der Waals surface area contributed by atoms with Gasteiger partial charge in [0.2, 0.25) is 5.91 Å². The molecule has 0 radical (unpaired) electrons. The van der Waals surface area contributed by atoms with E-state index in [-0.39, 0.29) is 12.5 Å². The number of nitrogens with zero attached hydrogens (tertiary/aromatic N) is 1. The normalized spacial score (nSPS) is 11.8. The van der Waals surface area contributed by atoms with Crippen LogP contribution in [0.15, 0.2) is 91.0 Å². The number of hydrogen-bond donors (Lipinski definition) is 3. The van der Waals surface area contributed by atoms with E-state index in [1.54, 1.807) is 0 Å². The molecule has 0 saturated heterocycles. The van der Waals surface area contributed by atoms with Crippen LogP contribution >= 0.6 is 0 Å². The van der Waals surface area contributed by atoms with E-state index in [1.165, 1.54) is 0 Å². The first kappa shape index (κ1) is 20.6. The Kier molecular flexibility index (Phi) is 6.55. The smallest absolute Gasteiger partial charge is 0.224 e. The van der Waals surface area contributed by atoms with Crippen molar-refractivity contribution in [2.75, 3.05) is 18.4 Å². The largest absolute Gasteiger partial charge is 0.389 e. The molecule has 0 aliphatic carbocycles. The molecule has 1 amide bonds. The lowest BCUT2D eigenvalue weighted by Crippen LogP contribution is -2.36. The van der Waals surface area contributed by atoms with Gasteiger partial charge < -0.3 is 15.7 Å². The molecule has 1 aromatic heterocycles. The summed E-state index contributed by atoms with van der Waals surface area (Å²) in [5, 5.41) is 17.5. The molecule has 156 valence electrons. The molecule has 0 bridgehead atoms. The number of anilines is 1. The number of aliphatic hydroxyl groups is 1. The zero-order chi connectivity index (χ0) is 21.5. The molecule has 0 aliphatic rings. The Morgan fingerprint density at radius 1 is 0.871 bits per heavy atom. The van der Waals surface area contributed by atoms with Gasteiger partial charge in [0, 0.05) is 29.7 Å². The summed E-state index contributed by atoms with van der Waals surface area (Å²) in [4.78, 5) is 16.9. The van der Waals surface area contributed by atoms with E-state index < -0.39 is 6.10 Å². The fourth-order valence-electron chi connectivity index (χ4n) is 3.45. The predicted molar refractivity (Wildman–Crippen MR) is 125 cm³/mol. The number of nitrogens with one attached hydrogen (secondary N) is 2. The number of aliphatic hydroxyl groups excluding tert-OH is 1. The third kappa shape index (κ3) is 5.47. The highest BCUT2D eigenvalue weighted by molar-refractivity contribution is 5.93. The Hall–Kier alpha value is -3.70. The zero-order valence-electron chi connectivity index (χ0n) is 17.2. The molecule has 1 unspecified atom stereocenters. The minimum atomic E-state index is -0.716. The van der Waals surface area contributed by atoms with Crippen LogP contribution in [0.2, 0.25) is 0 Å². The summed E-state index contributed by atoms with van der Waals surface area (Å²) < 4.78 is 0. The van der Waals surface area contributed by atoms with Crippen LogP contribution in [0.4, 0.5) is 5.69 Å². The quantitative estimate of drug-likeness (QED) is 0.409. The van der Waals surface area contributed by atoms with Gasteiger partial charge >= 0.3 is 0 Å². The Morgan fingerprint density at radius 2 is 1.55 bits per heavy atom. The average Bonchev–Trinajstić information content (AvgIpc) is 2.82. The summed E-state index contributed by atoms with van der Waals surface area (Å²) >= 11 is 0. The number of pyridine rings is 1. The summed E-state index contributed by atoms with van der Waals surface area (Å²) in [6.45, 7) is 0.501. The molecule has 5 nitrogen and oxygen atoms in total. The zero-order valence-corrected chi connectivity index (χ0v) is 17.2. The first-order valence-corrected chi connectivity index (χ1v) is 10.4. The summed E-state index contributed by atoms with van der Waals surface area (Å²) in [5.74, 6) is -0.106. The van der Waals surface area contributed by atoms with Crippen LogP contribution in [0, 0.1) is 0 Å². The van der Waals surface area contributed by atoms with E-state index in [1.807, 2.05) is 91.0 Å². The van der Waals surface area contributed by atoms with Gasteiger partial charge in [-0.1, -0.05) is 78.9 Å². The highest BCUT2D eigenvalue weighted by atomic mass is 16.3. The number of carbonyl (C=O) groups is 1. The predicted octanol–water partition coefficient (Wildman–Crippen LogP) is 4.03. The lowest BCUT2D eigenvalue weighted by molar-refractivity contribution is -0.120. The number of amides is 1. The van der Waals surface area contributed by atoms with E-state index in [2.05, 4.69) is 10.6 Å². The molecular formula is C26H25N3O2. The van der Waals surface area contributed by atoms with Crippen molar-refractivity contribution in [2.24, 2.45) is 0 Å². The van der Waals surface area contributed by atoms with Crippen molar-refractivity contribution in [3.63, 3.8) is 0 Å². The molecule has 1 atom stereocenters. The molecule has 0 spiro atoms. The van der Waals surface area contributed by atoms with Crippen LogP contribution in [0.3, 0.4) is 0 Å². The van der Waals surface area contributed by atoms with Gasteiger partial charge in [-0.15, -0.1) is 0 Å². The standard InChI is InChI=1S/C26H25N3O2/c30-21(18-28-26(31)15-19-9-3-1-4-10-19)17-27-25-16-24(20-11-5-2-6-12-20)29-23-14-8-7-13-22(23)25/h1-14,16,21,30H,15,17-18H2,(H,27,29)(H,28,31). The third-order valence-corrected chi connectivity index (χ3v) is 5.06. The Morgan fingerprint density at radius 3 is 2.32 bits per heavy atom. The average molecular weight is 412 g/mol. The van der Waals surface area contributed by atoms with Gasteiger partial charge in [0.05, 0.1) is 23.7 Å². The van der Waals surface area contributed by atoms with Crippen molar-refractivity contribution in [2.45, 2.75) is 12.5 Å². The van der Waals surface area contributed by atoms with Crippen molar-refractivity contribution >= 4 is 22.5 Å². The van der Waals surface area contributed by atoms with Crippen molar-refractivity contribution in [3.05, 3.63) is 96.6 Å². The van der Waals surface area contributed by atoms with Gasteiger partial charge in [-0.3, -0.25) is 4.79 Å². The molecule has 0 aliphatic heterocycles.